The molecule has 1 aromatic carbocycles. The number of fused-ring (bicyclic) bond motifs is 1. The molecular formula is C15H16ClNOS. The third kappa shape index (κ3) is 2.50. The maximum atomic E-state index is 9.61. The van der Waals surface area contributed by atoms with E-state index in [0.29, 0.717) is 5.02 Å². The summed E-state index contributed by atoms with van der Waals surface area (Å²) < 4.78 is 0. The van der Waals surface area contributed by atoms with Crippen molar-refractivity contribution in [3.8, 4) is 0 Å². The number of thiophene rings is 1. The lowest BCUT2D eigenvalue weighted by Gasteiger charge is -2.29. The Hall–Kier alpha value is -1.03. The van der Waals surface area contributed by atoms with Crippen LogP contribution in [0.3, 0.4) is 0 Å². The Bertz CT molecular complexity index is 594. The molecule has 0 amide bonds. The second-order valence-corrected chi connectivity index (χ2v) is 6.33. The first-order valence-corrected chi connectivity index (χ1v) is 7.68. The fourth-order valence-corrected chi connectivity index (χ4v) is 3.74. The summed E-state index contributed by atoms with van der Waals surface area (Å²) >= 11 is 8.08. The smallest absolute Gasteiger partial charge is 0.0776 e. The average molecular weight is 294 g/mol. The summed E-state index contributed by atoms with van der Waals surface area (Å²) in [5.74, 6) is 0. The molecule has 0 bridgehead atoms. The zero-order valence-electron chi connectivity index (χ0n) is 10.8. The number of aliphatic hydroxyl groups excluding tert-OH is 1. The molecule has 100 valence electrons. The Morgan fingerprint density at radius 2 is 2.21 bits per heavy atom. The van der Waals surface area contributed by atoms with Gasteiger partial charge in [0.25, 0.3) is 0 Å². The second-order valence-electron chi connectivity index (χ2n) is 4.92. The van der Waals surface area contributed by atoms with Crippen molar-refractivity contribution in [3.63, 3.8) is 0 Å². The van der Waals surface area contributed by atoms with Gasteiger partial charge in [0, 0.05) is 28.7 Å². The summed E-state index contributed by atoms with van der Waals surface area (Å²) in [5, 5.41) is 12.4. The molecule has 0 aliphatic carbocycles. The van der Waals surface area contributed by atoms with Gasteiger partial charge in [0.05, 0.1) is 6.10 Å². The van der Waals surface area contributed by atoms with Gasteiger partial charge in [-0.3, -0.25) is 0 Å². The van der Waals surface area contributed by atoms with E-state index in [0.717, 1.165) is 30.8 Å². The maximum Gasteiger partial charge on any atom is 0.0776 e. The van der Waals surface area contributed by atoms with Crippen LogP contribution in [0.2, 0.25) is 5.02 Å². The number of hydrogen-bond acceptors (Lipinski definition) is 3. The van der Waals surface area contributed by atoms with Crippen molar-refractivity contribution in [1.82, 2.24) is 0 Å². The Morgan fingerprint density at radius 1 is 1.37 bits per heavy atom. The molecule has 2 aromatic rings. The topological polar surface area (TPSA) is 23.5 Å². The van der Waals surface area contributed by atoms with Crippen LogP contribution < -0.4 is 4.90 Å². The zero-order chi connectivity index (χ0) is 13.4. The van der Waals surface area contributed by atoms with E-state index >= 15 is 0 Å². The summed E-state index contributed by atoms with van der Waals surface area (Å²) in [6.45, 7) is 3.71. The Labute approximate surface area is 122 Å². The highest BCUT2D eigenvalue weighted by Gasteiger charge is 2.18. The predicted molar refractivity (Wildman–Crippen MR) is 81.2 cm³/mol. The lowest BCUT2D eigenvalue weighted by atomic mass is 10.1. The number of rotatable bonds is 2. The predicted octanol–water partition coefficient (Wildman–Crippen LogP) is 4.02. The molecule has 2 heterocycles. The van der Waals surface area contributed by atoms with Gasteiger partial charge in [-0.1, -0.05) is 17.7 Å². The minimum absolute atomic E-state index is 0.522. The summed E-state index contributed by atoms with van der Waals surface area (Å²) in [5.41, 5.74) is 3.34. The Balaban J connectivity index is 1.86. The molecule has 19 heavy (non-hydrogen) atoms. The van der Waals surface area contributed by atoms with Gasteiger partial charge in [-0.15, -0.1) is 11.3 Å². The van der Waals surface area contributed by atoms with E-state index in [2.05, 4.69) is 16.3 Å². The van der Waals surface area contributed by atoms with Crippen molar-refractivity contribution in [2.75, 3.05) is 11.4 Å². The van der Waals surface area contributed by atoms with Crippen LogP contribution in [0.1, 0.15) is 29.0 Å². The molecule has 1 unspecified atom stereocenters. The SMILES string of the molecule is CC(O)c1ccc(N2CCc3sccc3C2)cc1Cl. The van der Waals surface area contributed by atoms with E-state index in [9.17, 15) is 5.11 Å². The fraction of sp³-hybridized carbons (Fsp3) is 0.333. The van der Waals surface area contributed by atoms with Crippen molar-refractivity contribution in [2.24, 2.45) is 0 Å². The lowest BCUT2D eigenvalue weighted by molar-refractivity contribution is 0.199. The van der Waals surface area contributed by atoms with Crippen molar-refractivity contribution < 1.29 is 5.11 Å². The highest BCUT2D eigenvalue weighted by molar-refractivity contribution is 7.10. The number of aliphatic hydroxyl groups is 1. The molecule has 0 fully saturated rings. The van der Waals surface area contributed by atoms with Crippen molar-refractivity contribution in [3.05, 3.63) is 50.7 Å². The van der Waals surface area contributed by atoms with Crippen LogP contribution in [0.25, 0.3) is 0 Å². The second kappa shape index (κ2) is 5.16. The minimum atomic E-state index is -0.522. The zero-order valence-corrected chi connectivity index (χ0v) is 12.3. The lowest BCUT2D eigenvalue weighted by Crippen LogP contribution is -2.29. The molecule has 0 saturated heterocycles. The molecule has 0 spiro atoms. The first-order chi connectivity index (χ1) is 9.15. The van der Waals surface area contributed by atoms with Crippen LogP contribution in [-0.4, -0.2) is 11.7 Å². The maximum absolute atomic E-state index is 9.61. The highest BCUT2D eigenvalue weighted by atomic mass is 35.5. The van der Waals surface area contributed by atoms with Crippen LogP contribution in [0.4, 0.5) is 5.69 Å². The van der Waals surface area contributed by atoms with E-state index in [1.54, 1.807) is 6.92 Å². The van der Waals surface area contributed by atoms with Gasteiger partial charge in [-0.2, -0.15) is 0 Å². The average Bonchev–Trinajstić information content (AvgIpc) is 2.85. The molecule has 2 nitrogen and oxygen atoms in total. The van der Waals surface area contributed by atoms with Crippen LogP contribution in [0, 0.1) is 0 Å². The molecule has 0 radical (unpaired) electrons. The largest absolute Gasteiger partial charge is 0.389 e. The van der Waals surface area contributed by atoms with Crippen LogP contribution in [0.15, 0.2) is 29.6 Å². The van der Waals surface area contributed by atoms with E-state index in [-0.39, 0.29) is 0 Å². The van der Waals surface area contributed by atoms with Crippen LogP contribution >= 0.6 is 22.9 Å². The normalized spacial score (nSPS) is 16.3. The van der Waals surface area contributed by atoms with Crippen molar-refractivity contribution in [2.45, 2.75) is 26.0 Å². The van der Waals surface area contributed by atoms with Crippen LogP contribution in [-0.2, 0) is 13.0 Å². The molecule has 1 aliphatic heterocycles. The van der Waals surface area contributed by atoms with Crippen molar-refractivity contribution >= 4 is 28.6 Å². The van der Waals surface area contributed by atoms with E-state index < -0.39 is 6.10 Å². The molecule has 1 N–H and O–H groups in total. The van der Waals surface area contributed by atoms with Crippen LogP contribution in [0.5, 0.6) is 0 Å². The quantitative estimate of drug-likeness (QED) is 0.904. The first-order valence-electron chi connectivity index (χ1n) is 6.43. The fourth-order valence-electron chi connectivity index (χ4n) is 2.52. The van der Waals surface area contributed by atoms with E-state index in [1.165, 1.54) is 10.4 Å². The molecule has 1 atom stereocenters. The standard InChI is InChI=1S/C15H16ClNOS/c1-10(18)13-3-2-12(8-14(13)16)17-6-4-15-11(9-17)5-7-19-15/h2-3,5,7-8,10,18H,4,6,9H2,1H3. The molecule has 1 aliphatic rings. The summed E-state index contributed by atoms with van der Waals surface area (Å²) in [4.78, 5) is 3.84. The van der Waals surface area contributed by atoms with Gasteiger partial charge in [-0.05, 0) is 48.1 Å². The van der Waals surface area contributed by atoms with Gasteiger partial charge in [0.2, 0.25) is 0 Å². The number of hydrogen-bond donors (Lipinski definition) is 1. The summed E-state index contributed by atoms with van der Waals surface area (Å²) in [7, 11) is 0. The van der Waals surface area contributed by atoms with Gasteiger partial charge < -0.3 is 10.0 Å². The molecule has 4 heteroatoms. The van der Waals surface area contributed by atoms with E-state index in [4.69, 9.17) is 11.6 Å². The minimum Gasteiger partial charge on any atom is -0.389 e. The number of benzene rings is 1. The molecular weight excluding hydrogens is 278 g/mol. The number of nitrogens with zero attached hydrogens (tertiary/aromatic N) is 1. The van der Waals surface area contributed by atoms with E-state index in [1.807, 2.05) is 29.5 Å². The molecule has 0 saturated carbocycles. The molecule has 3 rings (SSSR count). The summed E-state index contributed by atoms with van der Waals surface area (Å²) in [6, 6.07) is 8.13. The third-order valence-electron chi connectivity index (χ3n) is 3.61. The monoisotopic (exact) mass is 293 g/mol. The Morgan fingerprint density at radius 3 is 2.95 bits per heavy atom. The Kier molecular flexibility index (Phi) is 3.52. The van der Waals surface area contributed by atoms with Gasteiger partial charge in [0.1, 0.15) is 0 Å². The number of halogens is 1. The molecule has 1 aromatic heterocycles. The van der Waals surface area contributed by atoms with Crippen molar-refractivity contribution in [1.29, 1.82) is 0 Å². The number of anilines is 1. The third-order valence-corrected chi connectivity index (χ3v) is 4.96. The van der Waals surface area contributed by atoms with Gasteiger partial charge in [-0.25, -0.2) is 0 Å². The first kappa shape index (κ1) is 13.0. The van der Waals surface area contributed by atoms with Gasteiger partial charge in [0.15, 0.2) is 0 Å². The summed E-state index contributed by atoms with van der Waals surface area (Å²) in [6.07, 6.45) is 0.578. The van der Waals surface area contributed by atoms with Gasteiger partial charge >= 0.3 is 0 Å². The highest BCUT2D eigenvalue weighted by Crippen LogP contribution is 2.31.